The van der Waals surface area contributed by atoms with Crippen LogP contribution in [0.5, 0.6) is 0 Å². The van der Waals surface area contributed by atoms with Crippen LogP contribution in [0.25, 0.3) is 11.0 Å². The Bertz CT molecular complexity index is 1350. The Kier molecular flexibility index (Phi) is 7.36. The van der Waals surface area contributed by atoms with E-state index in [1.165, 1.54) is 6.07 Å². The van der Waals surface area contributed by atoms with E-state index >= 15 is 0 Å². The highest BCUT2D eigenvalue weighted by Gasteiger charge is 2.25. The van der Waals surface area contributed by atoms with E-state index in [9.17, 15) is 18.4 Å². The zero-order valence-corrected chi connectivity index (χ0v) is 19.4. The Balaban J connectivity index is 1.49. The Labute approximate surface area is 200 Å². The van der Waals surface area contributed by atoms with Crippen molar-refractivity contribution in [3.8, 4) is 0 Å². The van der Waals surface area contributed by atoms with Gasteiger partial charge in [0.2, 0.25) is 0 Å². The van der Waals surface area contributed by atoms with Gasteiger partial charge in [-0.15, -0.1) is 0 Å². The number of Topliss-reactive ketones (excluding diaryl/α,β-unsaturated/α-hetero) is 1. The molecule has 0 atom stereocenters. The van der Waals surface area contributed by atoms with Crippen molar-refractivity contribution in [3.63, 3.8) is 0 Å². The summed E-state index contributed by atoms with van der Waals surface area (Å²) >= 11 is 0. The maximum Gasteiger partial charge on any atom is 0.291 e. The maximum absolute atomic E-state index is 14.3. The van der Waals surface area contributed by atoms with Crippen LogP contribution in [0.2, 0.25) is 0 Å². The second-order valence-electron chi connectivity index (χ2n) is 8.27. The lowest BCUT2D eigenvalue weighted by molar-refractivity contribution is 0.0958. The number of nitrogens with one attached hydrogen (secondary N) is 1. The van der Waals surface area contributed by atoms with E-state index in [1.807, 2.05) is 30.1 Å². The number of carbonyl (C=O) groups is 2. The fraction of sp³-hybridized carbons (Fsp3) is 0.269. The molecule has 1 N–H and O–H groups in total. The number of furan rings is 2. The van der Waals surface area contributed by atoms with Crippen LogP contribution < -0.4 is 5.32 Å². The maximum atomic E-state index is 14.3. The summed E-state index contributed by atoms with van der Waals surface area (Å²) in [7, 11) is 1.93. The molecule has 0 aliphatic rings. The Morgan fingerprint density at radius 2 is 1.94 bits per heavy atom. The number of benzene rings is 1. The number of rotatable bonds is 10. The third-order valence-electron chi connectivity index (χ3n) is 5.46. The first-order chi connectivity index (χ1) is 16.9. The predicted octanol–water partition coefficient (Wildman–Crippen LogP) is 5.61. The third-order valence-corrected chi connectivity index (χ3v) is 5.46. The van der Waals surface area contributed by atoms with Gasteiger partial charge in [0.05, 0.1) is 17.6 Å². The Hall–Kier alpha value is -3.85. The molecule has 0 unspecified atom stereocenters. The molecule has 4 rings (SSSR count). The lowest BCUT2D eigenvalue weighted by Crippen LogP contribution is -2.20. The summed E-state index contributed by atoms with van der Waals surface area (Å²) in [5.74, 6) is -2.55. The van der Waals surface area contributed by atoms with Gasteiger partial charge in [0.1, 0.15) is 11.6 Å². The van der Waals surface area contributed by atoms with E-state index < -0.39 is 23.3 Å². The zero-order chi connectivity index (χ0) is 24.9. The minimum absolute atomic E-state index is 0.00163. The van der Waals surface area contributed by atoms with Crippen molar-refractivity contribution < 1.29 is 27.2 Å². The normalized spacial score (nSPS) is 11.3. The zero-order valence-electron chi connectivity index (χ0n) is 19.4. The molecule has 1 aromatic carbocycles. The quantitative estimate of drug-likeness (QED) is 0.296. The number of halogens is 2. The number of likely N-dealkylation sites (N-methyl/N-ethyl adjacent to an activating group) is 1. The lowest BCUT2D eigenvalue weighted by atomic mass is 10.1. The van der Waals surface area contributed by atoms with Crippen LogP contribution in [-0.2, 0) is 13.0 Å². The number of anilines is 1. The van der Waals surface area contributed by atoms with Crippen molar-refractivity contribution in [2.75, 3.05) is 18.9 Å². The van der Waals surface area contributed by atoms with Gasteiger partial charge in [0.25, 0.3) is 5.91 Å². The average molecular weight is 481 g/mol. The van der Waals surface area contributed by atoms with E-state index in [4.69, 9.17) is 8.83 Å². The highest BCUT2D eigenvalue weighted by atomic mass is 19.1. The van der Waals surface area contributed by atoms with E-state index in [2.05, 4.69) is 10.3 Å². The highest BCUT2D eigenvalue weighted by Crippen LogP contribution is 2.34. The molecule has 0 saturated heterocycles. The van der Waals surface area contributed by atoms with Crippen LogP contribution >= 0.6 is 0 Å². The van der Waals surface area contributed by atoms with E-state index in [1.54, 1.807) is 19.2 Å². The van der Waals surface area contributed by atoms with Crippen molar-refractivity contribution in [2.45, 2.75) is 32.7 Å². The van der Waals surface area contributed by atoms with Gasteiger partial charge in [-0.3, -0.25) is 19.5 Å². The second-order valence-corrected chi connectivity index (χ2v) is 8.27. The number of fused-ring (bicyclic) bond motifs is 1. The first-order valence-corrected chi connectivity index (χ1v) is 11.3. The third kappa shape index (κ3) is 5.63. The standard InChI is InChI=1S/C26H25F2N3O4/c1-3-6-21(32)25-23(19-13-16(27)14-20(28)24(19)35-25)30-26(33)22-9-8-18(34-22)15-31(2)12-10-17-7-4-5-11-29-17/h4-5,7-9,11,13-14H,3,6,10,12,15H2,1-2H3,(H,30,33). The number of amides is 1. The molecule has 182 valence electrons. The SMILES string of the molecule is CCCC(=O)c1oc2c(F)cc(F)cc2c1NC(=O)c1ccc(CN(C)CCc2ccccn2)o1. The molecule has 3 aromatic heterocycles. The van der Waals surface area contributed by atoms with Gasteiger partial charge in [-0.1, -0.05) is 13.0 Å². The summed E-state index contributed by atoms with van der Waals surface area (Å²) in [6, 6.07) is 10.6. The topological polar surface area (TPSA) is 88.6 Å². The van der Waals surface area contributed by atoms with E-state index in [0.29, 0.717) is 24.8 Å². The smallest absolute Gasteiger partial charge is 0.291 e. The molecule has 35 heavy (non-hydrogen) atoms. The molecule has 0 fully saturated rings. The Morgan fingerprint density at radius 3 is 2.69 bits per heavy atom. The molecule has 0 saturated carbocycles. The lowest BCUT2D eigenvalue weighted by Gasteiger charge is -2.14. The van der Waals surface area contributed by atoms with Crippen molar-refractivity contribution in [2.24, 2.45) is 0 Å². The molecule has 7 nitrogen and oxygen atoms in total. The number of ketones is 1. The molecular formula is C26H25F2N3O4. The molecule has 0 spiro atoms. The molecule has 3 heterocycles. The number of pyridine rings is 1. The van der Waals surface area contributed by atoms with Gasteiger partial charge in [-0.25, -0.2) is 8.78 Å². The van der Waals surface area contributed by atoms with Gasteiger partial charge in [0, 0.05) is 37.3 Å². The number of carbonyl (C=O) groups excluding carboxylic acids is 2. The minimum Gasteiger partial charge on any atom is -0.455 e. The largest absolute Gasteiger partial charge is 0.455 e. The second kappa shape index (κ2) is 10.6. The van der Waals surface area contributed by atoms with Crippen molar-refractivity contribution in [1.82, 2.24) is 9.88 Å². The van der Waals surface area contributed by atoms with Crippen LogP contribution in [0.3, 0.4) is 0 Å². The summed E-state index contributed by atoms with van der Waals surface area (Å²) in [5.41, 5.74) is 0.607. The monoisotopic (exact) mass is 481 g/mol. The van der Waals surface area contributed by atoms with Crippen molar-refractivity contribution >= 4 is 28.3 Å². The number of hydrogen-bond acceptors (Lipinski definition) is 6. The van der Waals surface area contributed by atoms with Gasteiger partial charge < -0.3 is 14.2 Å². The van der Waals surface area contributed by atoms with E-state index in [0.717, 1.165) is 24.7 Å². The molecule has 0 aliphatic heterocycles. The number of aromatic nitrogens is 1. The van der Waals surface area contributed by atoms with Crippen LogP contribution in [0.4, 0.5) is 14.5 Å². The summed E-state index contributed by atoms with van der Waals surface area (Å²) < 4.78 is 39.2. The Morgan fingerprint density at radius 1 is 1.11 bits per heavy atom. The summed E-state index contributed by atoms with van der Waals surface area (Å²) in [5, 5.41) is 2.52. The minimum atomic E-state index is -0.958. The van der Waals surface area contributed by atoms with Crippen molar-refractivity contribution in [1.29, 1.82) is 0 Å². The first kappa shape index (κ1) is 24.3. The van der Waals surface area contributed by atoms with Crippen LogP contribution in [0, 0.1) is 11.6 Å². The summed E-state index contributed by atoms with van der Waals surface area (Å²) in [4.78, 5) is 31.8. The molecule has 0 aliphatic carbocycles. The number of nitrogens with zero attached hydrogens (tertiary/aromatic N) is 2. The van der Waals surface area contributed by atoms with Crippen LogP contribution in [0.15, 0.2) is 57.5 Å². The summed E-state index contributed by atoms with van der Waals surface area (Å²) in [6.07, 6.45) is 3.17. The van der Waals surface area contributed by atoms with Gasteiger partial charge in [-0.05, 0) is 43.8 Å². The summed E-state index contributed by atoms with van der Waals surface area (Å²) in [6.45, 7) is 3.00. The van der Waals surface area contributed by atoms with Gasteiger partial charge >= 0.3 is 0 Å². The molecule has 9 heteroatoms. The molecule has 0 radical (unpaired) electrons. The predicted molar refractivity (Wildman–Crippen MR) is 126 cm³/mol. The van der Waals surface area contributed by atoms with E-state index in [-0.39, 0.29) is 34.6 Å². The molecule has 1 amide bonds. The fourth-order valence-corrected chi connectivity index (χ4v) is 3.74. The average Bonchev–Trinajstić information content (AvgIpc) is 3.44. The van der Waals surface area contributed by atoms with Crippen LogP contribution in [0.1, 0.15) is 52.3 Å². The highest BCUT2D eigenvalue weighted by molar-refractivity contribution is 6.14. The van der Waals surface area contributed by atoms with Crippen molar-refractivity contribution in [3.05, 3.63) is 83.3 Å². The van der Waals surface area contributed by atoms with Crippen LogP contribution in [-0.4, -0.2) is 35.2 Å². The first-order valence-electron chi connectivity index (χ1n) is 11.3. The fourth-order valence-electron chi connectivity index (χ4n) is 3.74. The van der Waals surface area contributed by atoms with Gasteiger partial charge in [0.15, 0.2) is 28.7 Å². The molecular weight excluding hydrogens is 456 g/mol. The number of hydrogen-bond donors (Lipinski definition) is 1. The molecule has 4 aromatic rings. The van der Waals surface area contributed by atoms with Gasteiger partial charge in [-0.2, -0.15) is 0 Å². The molecule has 0 bridgehead atoms.